The van der Waals surface area contributed by atoms with E-state index in [2.05, 4.69) is 6.58 Å². The standard InChI is InChI=1S/C17H31NO5/c1-6-8-14(23-15(20)7-2)13(17(4,5)11-19)10-22-16(21)9-12(3)18/h7,12-14,19H,2,6,8-11,18H2,1,3-5H3. The van der Waals surface area contributed by atoms with Crippen molar-refractivity contribution in [3.63, 3.8) is 0 Å². The third-order valence-corrected chi connectivity index (χ3v) is 3.78. The minimum atomic E-state index is -0.574. The molecule has 0 amide bonds. The maximum absolute atomic E-state index is 11.7. The van der Waals surface area contributed by atoms with E-state index in [4.69, 9.17) is 15.2 Å². The third-order valence-electron chi connectivity index (χ3n) is 3.78. The van der Waals surface area contributed by atoms with Gasteiger partial charge in [0.15, 0.2) is 0 Å². The summed E-state index contributed by atoms with van der Waals surface area (Å²) in [6.07, 6.45) is 2.17. The van der Waals surface area contributed by atoms with Crippen LogP contribution in [0.1, 0.15) is 47.0 Å². The van der Waals surface area contributed by atoms with E-state index in [1.54, 1.807) is 6.92 Å². The van der Waals surface area contributed by atoms with Crippen LogP contribution < -0.4 is 5.73 Å². The number of aliphatic hydroxyl groups is 1. The van der Waals surface area contributed by atoms with E-state index in [1.807, 2.05) is 20.8 Å². The second-order valence-corrected chi connectivity index (χ2v) is 6.59. The molecule has 0 aromatic heterocycles. The predicted molar refractivity (Wildman–Crippen MR) is 88.6 cm³/mol. The summed E-state index contributed by atoms with van der Waals surface area (Å²) < 4.78 is 10.7. The van der Waals surface area contributed by atoms with Gasteiger partial charge in [0.25, 0.3) is 0 Å². The summed E-state index contributed by atoms with van der Waals surface area (Å²) in [6.45, 7) is 10.7. The van der Waals surface area contributed by atoms with Crippen molar-refractivity contribution in [2.75, 3.05) is 13.2 Å². The maximum atomic E-state index is 11.7. The van der Waals surface area contributed by atoms with Crippen LogP contribution in [0.3, 0.4) is 0 Å². The van der Waals surface area contributed by atoms with E-state index >= 15 is 0 Å². The molecule has 0 aromatic carbocycles. The Morgan fingerprint density at radius 3 is 2.43 bits per heavy atom. The van der Waals surface area contributed by atoms with Crippen molar-refractivity contribution in [2.45, 2.75) is 59.1 Å². The van der Waals surface area contributed by atoms with Gasteiger partial charge in [-0.25, -0.2) is 4.79 Å². The quantitative estimate of drug-likeness (QED) is 0.443. The molecule has 23 heavy (non-hydrogen) atoms. The Morgan fingerprint density at radius 1 is 1.39 bits per heavy atom. The smallest absolute Gasteiger partial charge is 0.330 e. The molecule has 0 aromatic rings. The van der Waals surface area contributed by atoms with E-state index in [0.29, 0.717) is 6.42 Å². The molecule has 0 saturated heterocycles. The van der Waals surface area contributed by atoms with Gasteiger partial charge >= 0.3 is 11.9 Å². The zero-order chi connectivity index (χ0) is 18.0. The molecule has 0 rings (SSSR count). The minimum Gasteiger partial charge on any atom is -0.465 e. The molecule has 0 spiro atoms. The first-order valence-electron chi connectivity index (χ1n) is 8.03. The Labute approximate surface area is 139 Å². The van der Waals surface area contributed by atoms with Crippen molar-refractivity contribution in [3.05, 3.63) is 12.7 Å². The fourth-order valence-electron chi connectivity index (χ4n) is 2.28. The second kappa shape index (κ2) is 10.4. The first kappa shape index (κ1) is 21.6. The molecule has 0 saturated carbocycles. The molecule has 134 valence electrons. The minimum absolute atomic E-state index is 0.0637. The Balaban J connectivity index is 5.11. The van der Waals surface area contributed by atoms with Crippen molar-refractivity contribution >= 4 is 11.9 Å². The molecule has 3 N–H and O–H groups in total. The van der Waals surface area contributed by atoms with Crippen molar-refractivity contribution in [2.24, 2.45) is 17.1 Å². The zero-order valence-electron chi connectivity index (χ0n) is 14.7. The molecular formula is C17H31NO5. The average Bonchev–Trinajstić information content (AvgIpc) is 2.46. The summed E-state index contributed by atoms with van der Waals surface area (Å²) >= 11 is 0. The highest BCUT2D eigenvalue weighted by Gasteiger charge is 2.38. The van der Waals surface area contributed by atoms with Crippen LogP contribution in [0.2, 0.25) is 0 Å². The molecule has 0 aliphatic heterocycles. The van der Waals surface area contributed by atoms with E-state index in [9.17, 15) is 14.7 Å². The molecule has 6 nitrogen and oxygen atoms in total. The molecule has 0 heterocycles. The summed E-state index contributed by atoms with van der Waals surface area (Å²) in [7, 11) is 0. The van der Waals surface area contributed by atoms with Gasteiger partial charge in [-0.15, -0.1) is 0 Å². The van der Waals surface area contributed by atoms with Crippen LogP contribution in [-0.4, -0.2) is 42.4 Å². The largest absolute Gasteiger partial charge is 0.465 e. The van der Waals surface area contributed by atoms with Crippen molar-refractivity contribution < 1.29 is 24.2 Å². The number of ether oxygens (including phenoxy) is 2. The van der Waals surface area contributed by atoms with Crippen molar-refractivity contribution in [1.82, 2.24) is 0 Å². The summed E-state index contributed by atoms with van der Waals surface area (Å²) in [4.78, 5) is 23.3. The molecule has 3 unspecified atom stereocenters. The van der Waals surface area contributed by atoms with Gasteiger partial charge in [-0.2, -0.15) is 0 Å². The van der Waals surface area contributed by atoms with E-state index in [-0.39, 0.29) is 31.6 Å². The summed E-state index contributed by atoms with van der Waals surface area (Å²) in [6, 6.07) is -0.281. The number of hydrogen-bond donors (Lipinski definition) is 2. The van der Waals surface area contributed by atoms with Gasteiger partial charge in [0, 0.05) is 24.6 Å². The molecular weight excluding hydrogens is 298 g/mol. The molecule has 6 heteroatoms. The molecule has 0 fully saturated rings. The van der Waals surface area contributed by atoms with Crippen LogP contribution in [0.4, 0.5) is 0 Å². The molecule has 3 atom stereocenters. The summed E-state index contributed by atoms with van der Waals surface area (Å²) in [5.74, 6) is -1.25. The lowest BCUT2D eigenvalue weighted by molar-refractivity contribution is -0.158. The maximum Gasteiger partial charge on any atom is 0.330 e. The lowest BCUT2D eigenvalue weighted by atomic mass is 9.75. The number of aliphatic hydroxyl groups excluding tert-OH is 1. The van der Waals surface area contributed by atoms with Crippen LogP contribution in [0, 0.1) is 11.3 Å². The molecule has 0 bridgehead atoms. The number of nitrogens with two attached hydrogens (primary N) is 1. The topological polar surface area (TPSA) is 98.9 Å². The number of carbonyl (C=O) groups is 2. The van der Waals surface area contributed by atoms with Gasteiger partial charge < -0.3 is 20.3 Å². The fourth-order valence-corrected chi connectivity index (χ4v) is 2.28. The van der Waals surface area contributed by atoms with Gasteiger partial charge in [-0.05, 0) is 18.8 Å². The van der Waals surface area contributed by atoms with Gasteiger partial charge in [0.05, 0.1) is 13.0 Å². The Bertz CT molecular complexity index is 392. The van der Waals surface area contributed by atoms with Crippen LogP contribution >= 0.6 is 0 Å². The Hall–Kier alpha value is -1.40. The fraction of sp³-hybridized carbons (Fsp3) is 0.765. The number of esters is 2. The molecule has 0 aliphatic carbocycles. The van der Waals surface area contributed by atoms with Crippen molar-refractivity contribution in [1.29, 1.82) is 0 Å². The number of carbonyl (C=O) groups excluding carboxylic acids is 2. The van der Waals surface area contributed by atoms with Crippen LogP contribution in [0.15, 0.2) is 12.7 Å². The van der Waals surface area contributed by atoms with E-state index in [1.165, 1.54) is 0 Å². The lowest BCUT2D eigenvalue weighted by Crippen LogP contribution is -2.42. The SMILES string of the molecule is C=CC(=O)OC(CCC)C(COC(=O)CC(C)N)C(C)(C)CO. The lowest BCUT2D eigenvalue weighted by Gasteiger charge is -2.37. The highest BCUT2D eigenvalue weighted by Crippen LogP contribution is 2.33. The third kappa shape index (κ3) is 8.13. The molecule has 0 radical (unpaired) electrons. The zero-order valence-corrected chi connectivity index (χ0v) is 14.7. The van der Waals surface area contributed by atoms with Gasteiger partial charge in [0.1, 0.15) is 6.10 Å². The highest BCUT2D eigenvalue weighted by atomic mass is 16.6. The number of hydrogen-bond acceptors (Lipinski definition) is 6. The van der Waals surface area contributed by atoms with Crippen LogP contribution in [0.25, 0.3) is 0 Å². The summed E-state index contributed by atoms with van der Waals surface area (Å²) in [5, 5.41) is 9.66. The Morgan fingerprint density at radius 2 is 2.00 bits per heavy atom. The first-order chi connectivity index (χ1) is 10.7. The van der Waals surface area contributed by atoms with Crippen LogP contribution in [-0.2, 0) is 19.1 Å². The highest BCUT2D eigenvalue weighted by molar-refractivity contribution is 5.81. The Kier molecular flexibility index (Phi) is 9.76. The average molecular weight is 329 g/mol. The van der Waals surface area contributed by atoms with E-state index in [0.717, 1.165) is 12.5 Å². The normalized spacial score (nSPS) is 15.4. The van der Waals surface area contributed by atoms with E-state index < -0.39 is 23.5 Å². The second-order valence-electron chi connectivity index (χ2n) is 6.59. The van der Waals surface area contributed by atoms with Crippen molar-refractivity contribution in [3.8, 4) is 0 Å². The molecule has 0 aliphatic rings. The number of rotatable bonds is 11. The van der Waals surface area contributed by atoms with Gasteiger partial charge in [-0.1, -0.05) is 33.8 Å². The van der Waals surface area contributed by atoms with Gasteiger partial charge in [-0.3, -0.25) is 4.79 Å². The predicted octanol–water partition coefficient (Wildman–Crippen LogP) is 1.80. The van der Waals surface area contributed by atoms with Crippen LogP contribution in [0.5, 0.6) is 0 Å². The first-order valence-corrected chi connectivity index (χ1v) is 8.03. The summed E-state index contributed by atoms with van der Waals surface area (Å²) in [5.41, 5.74) is 5.01. The monoisotopic (exact) mass is 329 g/mol. The van der Waals surface area contributed by atoms with Gasteiger partial charge in [0.2, 0.25) is 0 Å².